The van der Waals surface area contributed by atoms with Crippen LogP contribution in [0.2, 0.25) is 0 Å². The van der Waals surface area contributed by atoms with Gasteiger partial charge < -0.3 is 15.3 Å². The Morgan fingerprint density at radius 2 is 1.95 bits per heavy atom. The molecule has 1 saturated heterocycles. The molecule has 1 aromatic carbocycles. The Morgan fingerprint density at radius 1 is 1.29 bits per heavy atom. The highest BCUT2D eigenvalue weighted by Crippen LogP contribution is 2.27. The Morgan fingerprint density at radius 3 is 2.52 bits per heavy atom. The van der Waals surface area contributed by atoms with E-state index in [1.807, 2.05) is 30.9 Å². The van der Waals surface area contributed by atoms with Gasteiger partial charge in [0, 0.05) is 25.0 Å². The van der Waals surface area contributed by atoms with E-state index in [9.17, 15) is 9.59 Å². The summed E-state index contributed by atoms with van der Waals surface area (Å²) in [6.07, 6.45) is 1.99. The molecule has 2 N–H and O–H groups in total. The van der Waals surface area contributed by atoms with Gasteiger partial charge in [-0.05, 0) is 44.4 Å². The minimum Gasteiger partial charge on any atom is -0.478 e. The summed E-state index contributed by atoms with van der Waals surface area (Å²) in [5, 5.41) is 11.8. The molecule has 0 bridgehead atoms. The molecule has 0 aromatic heterocycles. The van der Waals surface area contributed by atoms with Gasteiger partial charge in [-0.1, -0.05) is 12.1 Å². The second kappa shape index (κ2) is 6.61. The number of carboxylic acid groups (broad SMARTS) is 1. The molecule has 5 heteroatoms. The second-order valence-electron chi connectivity index (χ2n) is 5.82. The van der Waals surface area contributed by atoms with Crippen molar-refractivity contribution in [1.29, 1.82) is 0 Å². The van der Waals surface area contributed by atoms with Crippen molar-refractivity contribution in [3.05, 3.63) is 35.4 Å². The summed E-state index contributed by atoms with van der Waals surface area (Å²) in [5.41, 5.74) is 1.39. The zero-order valence-electron chi connectivity index (χ0n) is 12.5. The van der Waals surface area contributed by atoms with Crippen molar-refractivity contribution in [2.24, 2.45) is 0 Å². The first kappa shape index (κ1) is 15.4. The highest BCUT2D eigenvalue weighted by atomic mass is 16.4. The third kappa shape index (κ3) is 3.97. The molecule has 1 aromatic rings. The number of hydrogen-bond acceptors (Lipinski definition) is 2. The number of nitrogens with zero attached hydrogens (tertiary/aromatic N) is 1. The Hall–Kier alpha value is -2.04. The molecule has 2 amide bonds. The normalized spacial score (nSPS) is 18.6. The largest absolute Gasteiger partial charge is 0.478 e. The number of carbonyl (C=O) groups excluding carboxylic acids is 1. The van der Waals surface area contributed by atoms with E-state index in [-0.39, 0.29) is 18.0 Å². The molecule has 0 saturated carbocycles. The van der Waals surface area contributed by atoms with Crippen LogP contribution in [0.15, 0.2) is 24.3 Å². The van der Waals surface area contributed by atoms with E-state index in [2.05, 4.69) is 5.32 Å². The van der Waals surface area contributed by atoms with Gasteiger partial charge in [0.25, 0.3) is 0 Å². The van der Waals surface area contributed by atoms with E-state index < -0.39 is 5.97 Å². The van der Waals surface area contributed by atoms with Crippen molar-refractivity contribution < 1.29 is 14.7 Å². The Bertz CT molecular complexity index is 511. The van der Waals surface area contributed by atoms with Crippen LogP contribution in [0.4, 0.5) is 4.79 Å². The lowest BCUT2D eigenvalue weighted by Crippen LogP contribution is -2.46. The first-order valence-electron chi connectivity index (χ1n) is 7.36. The fourth-order valence-electron chi connectivity index (χ4n) is 2.67. The number of likely N-dealkylation sites (tertiary alicyclic amines) is 1. The van der Waals surface area contributed by atoms with Crippen molar-refractivity contribution in [2.75, 3.05) is 13.1 Å². The number of aromatic carboxylic acids is 1. The molecule has 0 aliphatic carbocycles. The number of rotatable bonds is 3. The SMILES string of the molecule is CC(C)NC(=O)N1CCCC(c2ccc(C(=O)O)cc2)C1. The molecule has 0 radical (unpaired) electrons. The molecule has 1 unspecified atom stereocenters. The van der Waals surface area contributed by atoms with Crippen molar-refractivity contribution in [3.8, 4) is 0 Å². The maximum Gasteiger partial charge on any atom is 0.335 e. The highest BCUT2D eigenvalue weighted by Gasteiger charge is 2.25. The summed E-state index contributed by atoms with van der Waals surface area (Å²) in [5.74, 6) is -0.636. The number of carbonyl (C=O) groups is 2. The van der Waals surface area contributed by atoms with Crippen molar-refractivity contribution in [2.45, 2.75) is 38.6 Å². The predicted octanol–water partition coefficient (Wildman–Crippen LogP) is 2.68. The summed E-state index contributed by atoms with van der Waals surface area (Å²) in [6.45, 7) is 5.36. The van der Waals surface area contributed by atoms with Crippen LogP contribution in [0.3, 0.4) is 0 Å². The number of hydrogen-bond donors (Lipinski definition) is 2. The van der Waals surface area contributed by atoms with Gasteiger partial charge in [0.1, 0.15) is 0 Å². The molecule has 2 rings (SSSR count). The van der Waals surface area contributed by atoms with E-state index in [0.717, 1.165) is 24.9 Å². The average molecular weight is 290 g/mol. The predicted molar refractivity (Wildman–Crippen MR) is 80.6 cm³/mol. The van der Waals surface area contributed by atoms with E-state index in [1.54, 1.807) is 12.1 Å². The molecule has 114 valence electrons. The molecule has 0 spiro atoms. The summed E-state index contributed by atoms with van der Waals surface area (Å²) >= 11 is 0. The fourth-order valence-corrected chi connectivity index (χ4v) is 2.67. The molecule has 5 nitrogen and oxygen atoms in total. The quantitative estimate of drug-likeness (QED) is 0.899. The fraction of sp³-hybridized carbons (Fsp3) is 0.500. The Labute approximate surface area is 125 Å². The minimum absolute atomic E-state index is 0.0168. The van der Waals surface area contributed by atoms with Crippen molar-refractivity contribution in [3.63, 3.8) is 0 Å². The number of benzene rings is 1. The molecule has 21 heavy (non-hydrogen) atoms. The smallest absolute Gasteiger partial charge is 0.335 e. The van der Waals surface area contributed by atoms with Crippen molar-refractivity contribution in [1.82, 2.24) is 10.2 Å². The van der Waals surface area contributed by atoms with Crippen LogP contribution in [0, 0.1) is 0 Å². The summed E-state index contributed by atoms with van der Waals surface area (Å²) in [6, 6.07) is 7.09. The third-order valence-corrected chi connectivity index (χ3v) is 3.75. The number of carboxylic acids is 1. The van der Waals surface area contributed by atoms with Crippen molar-refractivity contribution >= 4 is 12.0 Å². The van der Waals surface area contributed by atoms with Crippen LogP contribution in [0.5, 0.6) is 0 Å². The van der Waals surface area contributed by atoms with Crippen LogP contribution in [-0.2, 0) is 0 Å². The number of amides is 2. The minimum atomic E-state index is -0.914. The summed E-state index contributed by atoms with van der Waals surface area (Å²) in [7, 11) is 0. The Balaban J connectivity index is 2.03. The Kier molecular flexibility index (Phi) is 4.83. The molecule has 1 atom stereocenters. The molecule has 1 heterocycles. The lowest BCUT2D eigenvalue weighted by Gasteiger charge is -2.33. The van der Waals surface area contributed by atoms with E-state index in [0.29, 0.717) is 12.1 Å². The number of nitrogens with one attached hydrogen (secondary N) is 1. The van der Waals surface area contributed by atoms with Crippen LogP contribution < -0.4 is 5.32 Å². The zero-order chi connectivity index (χ0) is 15.4. The van der Waals surface area contributed by atoms with Gasteiger partial charge in [-0.15, -0.1) is 0 Å². The maximum atomic E-state index is 12.1. The first-order valence-corrected chi connectivity index (χ1v) is 7.36. The van der Waals surface area contributed by atoms with E-state index in [1.165, 1.54) is 0 Å². The third-order valence-electron chi connectivity index (χ3n) is 3.75. The molecular weight excluding hydrogens is 268 g/mol. The first-order chi connectivity index (χ1) is 9.97. The van der Waals surface area contributed by atoms with Crippen LogP contribution in [0.25, 0.3) is 0 Å². The number of piperidine rings is 1. The summed E-state index contributed by atoms with van der Waals surface area (Å²) in [4.78, 5) is 24.8. The van der Waals surface area contributed by atoms with E-state index in [4.69, 9.17) is 5.11 Å². The van der Waals surface area contributed by atoms with Gasteiger partial charge in [-0.25, -0.2) is 9.59 Å². The van der Waals surface area contributed by atoms with Crippen LogP contribution in [0.1, 0.15) is 48.5 Å². The maximum absolute atomic E-state index is 12.1. The van der Waals surface area contributed by atoms with Gasteiger partial charge in [0.05, 0.1) is 5.56 Å². The second-order valence-corrected chi connectivity index (χ2v) is 5.82. The lowest BCUT2D eigenvalue weighted by atomic mass is 9.90. The summed E-state index contributed by atoms with van der Waals surface area (Å²) < 4.78 is 0. The van der Waals surface area contributed by atoms with Gasteiger partial charge in [0.2, 0.25) is 0 Å². The molecule has 1 aliphatic heterocycles. The van der Waals surface area contributed by atoms with E-state index >= 15 is 0 Å². The van der Waals surface area contributed by atoms with Gasteiger partial charge in [-0.3, -0.25) is 0 Å². The molecular formula is C16H22N2O3. The topological polar surface area (TPSA) is 69.6 Å². The van der Waals surface area contributed by atoms with Gasteiger partial charge in [-0.2, -0.15) is 0 Å². The lowest BCUT2D eigenvalue weighted by molar-refractivity contribution is 0.0697. The number of urea groups is 1. The zero-order valence-corrected chi connectivity index (χ0v) is 12.5. The van der Waals surface area contributed by atoms with Gasteiger partial charge >= 0.3 is 12.0 Å². The van der Waals surface area contributed by atoms with Crippen LogP contribution >= 0.6 is 0 Å². The highest BCUT2D eigenvalue weighted by molar-refractivity contribution is 5.87. The average Bonchev–Trinajstić information content (AvgIpc) is 2.47. The van der Waals surface area contributed by atoms with Gasteiger partial charge in [0.15, 0.2) is 0 Å². The molecule has 1 aliphatic rings. The van der Waals surface area contributed by atoms with Crippen LogP contribution in [-0.4, -0.2) is 41.1 Å². The molecule has 1 fully saturated rings. The standard InChI is InChI=1S/C16H22N2O3/c1-11(2)17-16(21)18-9-3-4-14(10-18)12-5-7-13(8-6-12)15(19)20/h5-8,11,14H,3-4,9-10H2,1-2H3,(H,17,21)(H,19,20). The monoisotopic (exact) mass is 290 g/mol.